The van der Waals surface area contributed by atoms with Crippen LogP contribution in [0.1, 0.15) is 24.2 Å². The SMILES string of the molecule is CC(O)c1cc(Cl)ccc1OCc1cncc(Br)c1. The molecule has 3 nitrogen and oxygen atoms in total. The molecule has 0 spiro atoms. The second-order valence-corrected chi connectivity index (χ2v) is 5.51. The fourth-order valence-electron chi connectivity index (χ4n) is 1.67. The van der Waals surface area contributed by atoms with Gasteiger partial charge in [0.05, 0.1) is 6.10 Å². The predicted molar refractivity (Wildman–Crippen MR) is 78.4 cm³/mol. The molecule has 100 valence electrons. The number of hydrogen-bond donors (Lipinski definition) is 1. The summed E-state index contributed by atoms with van der Waals surface area (Å²) in [6, 6.07) is 7.14. The molecule has 19 heavy (non-hydrogen) atoms. The van der Waals surface area contributed by atoms with Crippen molar-refractivity contribution >= 4 is 27.5 Å². The molecule has 1 atom stereocenters. The zero-order chi connectivity index (χ0) is 13.8. The fourth-order valence-corrected chi connectivity index (χ4v) is 2.27. The number of aliphatic hydroxyl groups excluding tert-OH is 1. The predicted octanol–water partition coefficient (Wildman–Crippen LogP) is 4.13. The van der Waals surface area contributed by atoms with Crippen LogP contribution in [0, 0.1) is 0 Å². The monoisotopic (exact) mass is 341 g/mol. The van der Waals surface area contributed by atoms with Gasteiger partial charge in [0.2, 0.25) is 0 Å². The lowest BCUT2D eigenvalue weighted by Gasteiger charge is -2.13. The van der Waals surface area contributed by atoms with Crippen LogP contribution in [0.25, 0.3) is 0 Å². The molecule has 1 aromatic carbocycles. The Balaban J connectivity index is 2.15. The normalized spacial score (nSPS) is 12.2. The lowest BCUT2D eigenvalue weighted by molar-refractivity contribution is 0.190. The second-order valence-electron chi connectivity index (χ2n) is 4.16. The molecule has 1 aromatic heterocycles. The van der Waals surface area contributed by atoms with Crippen LogP contribution in [-0.4, -0.2) is 10.1 Å². The van der Waals surface area contributed by atoms with Crippen LogP contribution >= 0.6 is 27.5 Å². The minimum absolute atomic E-state index is 0.383. The number of rotatable bonds is 4. The molecule has 0 radical (unpaired) electrons. The number of aromatic nitrogens is 1. The van der Waals surface area contributed by atoms with Crippen molar-refractivity contribution in [1.82, 2.24) is 4.98 Å². The van der Waals surface area contributed by atoms with Crippen molar-refractivity contribution in [2.75, 3.05) is 0 Å². The maximum Gasteiger partial charge on any atom is 0.125 e. The Hall–Kier alpha value is -1.10. The lowest BCUT2D eigenvalue weighted by atomic mass is 10.1. The Morgan fingerprint density at radius 3 is 2.84 bits per heavy atom. The van der Waals surface area contributed by atoms with Gasteiger partial charge in [-0.15, -0.1) is 0 Å². The maximum absolute atomic E-state index is 9.71. The molecule has 1 unspecified atom stereocenters. The number of pyridine rings is 1. The minimum atomic E-state index is -0.630. The summed E-state index contributed by atoms with van der Waals surface area (Å²) in [6.07, 6.45) is 2.82. The van der Waals surface area contributed by atoms with Crippen LogP contribution in [0.2, 0.25) is 5.02 Å². The quantitative estimate of drug-likeness (QED) is 0.908. The average Bonchev–Trinajstić information content (AvgIpc) is 2.37. The van der Waals surface area contributed by atoms with E-state index in [0.717, 1.165) is 10.0 Å². The van der Waals surface area contributed by atoms with E-state index >= 15 is 0 Å². The standard InChI is InChI=1S/C14H13BrClNO2/c1-9(18)13-5-12(16)2-3-14(13)19-8-10-4-11(15)7-17-6-10/h2-7,9,18H,8H2,1H3. The maximum atomic E-state index is 9.71. The smallest absolute Gasteiger partial charge is 0.125 e. The van der Waals surface area contributed by atoms with E-state index in [9.17, 15) is 5.11 Å². The Kier molecular flexibility index (Phi) is 4.80. The van der Waals surface area contributed by atoms with E-state index in [1.165, 1.54) is 0 Å². The molecule has 0 amide bonds. The van der Waals surface area contributed by atoms with Crippen LogP contribution in [0.5, 0.6) is 5.75 Å². The Morgan fingerprint density at radius 2 is 2.16 bits per heavy atom. The number of ether oxygens (including phenoxy) is 1. The highest BCUT2D eigenvalue weighted by Crippen LogP contribution is 2.29. The molecule has 1 N–H and O–H groups in total. The van der Waals surface area contributed by atoms with Gasteiger partial charge in [0.25, 0.3) is 0 Å². The third-order valence-electron chi connectivity index (χ3n) is 2.58. The number of nitrogens with zero attached hydrogens (tertiary/aromatic N) is 1. The van der Waals surface area contributed by atoms with Crippen LogP contribution < -0.4 is 4.74 Å². The van der Waals surface area contributed by atoms with Crippen molar-refractivity contribution in [3.05, 3.63) is 57.3 Å². The average molecular weight is 343 g/mol. The van der Waals surface area contributed by atoms with Gasteiger partial charge in [0, 0.05) is 33.0 Å². The topological polar surface area (TPSA) is 42.4 Å². The van der Waals surface area contributed by atoms with Crippen molar-refractivity contribution in [1.29, 1.82) is 0 Å². The summed E-state index contributed by atoms with van der Waals surface area (Å²) in [4.78, 5) is 4.07. The summed E-state index contributed by atoms with van der Waals surface area (Å²) < 4.78 is 6.62. The van der Waals surface area contributed by atoms with Crippen molar-refractivity contribution in [3.8, 4) is 5.75 Å². The van der Waals surface area contributed by atoms with Gasteiger partial charge >= 0.3 is 0 Å². The number of halogens is 2. The minimum Gasteiger partial charge on any atom is -0.488 e. The van der Waals surface area contributed by atoms with Crippen molar-refractivity contribution < 1.29 is 9.84 Å². The van der Waals surface area contributed by atoms with E-state index < -0.39 is 6.10 Å². The first-order valence-corrected chi connectivity index (χ1v) is 6.93. The van der Waals surface area contributed by atoms with E-state index in [1.54, 1.807) is 37.5 Å². The summed E-state index contributed by atoms with van der Waals surface area (Å²) in [7, 11) is 0. The second kappa shape index (κ2) is 6.37. The van der Waals surface area contributed by atoms with Gasteiger partial charge in [-0.1, -0.05) is 11.6 Å². The van der Waals surface area contributed by atoms with Crippen LogP contribution in [0.4, 0.5) is 0 Å². The number of benzene rings is 1. The molecule has 1 heterocycles. The molecule has 0 fully saturated rings. The van der Waals surface area contributed by atoms with Crippen molar-refractivity contribution in [2.24, 2.45) is 0 Å². The molecule has 2 aromatic rings. The summed E-state index contributed by atoms with van der Waals surface area (Å²) >= 11 is 9.28. The first kappa shape index (κ1) is 14.3. The molecular weight excluding hydrogens is 330 g/mol. The molecule has 0 aliphatic carbocycles. The zero-order valence-corrected chi connectivity index (χ0v) is 12.6. The Bertz CT molecular complexity index is 575. The molecule has 0 aliphatic heterocycles. The Morgan fingerprint density at radius 1 is 1.37 bits per heavy atom. The van der Waals surface area contributed by atoms with Gasteiger partial charge in [-0.3, -0.25) is 4.98 Å². The molecule has 0 saturated heterocycles. The third-order valence-corrected chi connectivity index (χ3v) is 3.25. The van der Waals surface area contributed by atoms with Gasteiger partial charge in [-0.2, -0.15) is 0 Å². The van der Waals surface area contributed by atoms with Crippen molar-refractivity contribution in [3.63, 3.8) is 0 Å². The van der Waals surface area contributed by atoms with Crippen LogP contribution in [-0.2, 0) is 6.61 Å². The highest BCUT2D eigenvalue weighted by Gasteiger charge is 2.10. The van der Waals surface area contributed by atoms with Crippen LogP contribution in [0.15, 0.2) is 41.1 Å². The van der Waals surface area contributed by atoms with E-state index in [0.29, 0.717) is 22.9 Å². The summed E-state index contributed by atoms with van der Waals surface area (Å²) in [5, 5.41) is 10.3. The lowest BCUT2D eigenvalue weighted by Crippen LogP contribution is -2.01. The molecule has 0 saturated carbocycles. The van der Waals surface area contributed by atoms with Gasteiger partial charge < -0.3 is 9.84 Å². The summed E-state index contributed by atoms with van der Waals surface area (Å²) in [6.45, 7) is 2.06. The summed E-state index contributed by atoms with van der Waals surface area (Å²) in [5.41, 5.74) is 1.62. The number of hydrogen-bond acceptors (Lipinski definition) is 3. The highest BCUT2D eigenvalue weighted by molar-refractivity contribution is 9.10. The van der Waals surface area contributed by atoms with E-state index in [-0.39, 0.29) is 0 Å². The fraction of sp³-hybridized carbons (Fsp3) is 0.214. The van der Waals surface area contributed by atoms with E-state index in [4.69, 9.17) is 16.3 Å². The first-order chi connectivity index (χ1) is 9.06. The van der Waals surface area contributed by atoms with Gasteiger partial charge in [-0.25, -0.2) is 0 Å². The Labute approximate surface area is 125 Å². The van der Waals surface area contributed by atoms with Crippen LogP contribution in [0.3, 0.4) is 0 Å². The molecule has 0 aliphatic rings. The molecule has 5 heteroatoms. The van der Waals surface area contributed by atoms with E-state index in [1.807, 2.05) is 6.07 Å². The third kappa shape index (κ3) is 3.93. The zero-order valence-electron chi connectivity index (χ0n) is 10.3. The molecule has 2 rings (SSSR count). The summed E-state index contributed by atoms with van der Waals surface area (Å²) in [5.74, 6) is 0.624. The largest absolute Gasteiger partial charge is 0.488 e. The van der Waals surface area contributed by atoms with Gasteiger partial charge in [-0.05, 0) is 47.1 Å². The number of aliphatic hydroxyl groups is 1. The van der Waals surface area contributed by atoms with Crippen molar-refractivity contribution in [2.45, 2.75) is 19.6 Å². The highest BCUT2D eigenvalue weighted by atomic mass is 79.9. The molecular formula is C14H13BrClNO2. The first-order valence-electron chi connectivity index (χ1n) is 5.76. The van der Waals surface area contributed by atoms with E-state index in [2.05, 4.69) is 20.9 Å². The van der Waals surface area contributed by atoms with Gasteiger partial charge in [0.15, 0.2) is 0 Å². The van der Waals surface area contributed by atoms with Gasteiger partial charge in [0.1, 0.15) is 12.4 Å². The molecule has 0 bridgehead atoms.